The average Bonchev–Trinajstić information content (AvgIpc) is 3.31. The molecule has 2 aliphatic carbocycles. The molecule has 0 spiro atoms. The van der Waals surface area contributed by atoms with Crippen LogP contribution in [0.4, 0.5) is 17.6 Å². The van der Waals surface area contributed by atoms with Crippen LogP contribution in [0.15, 0.2) is 42.5 Å². The zero-order valence-electron chi connectivity index (χ0n) is 24.9. The summed E-state index contributed by atoms with van der Waals surface area (Å²) in [5.74, 6) is -1.59. The molecule has 1 amide bonds. The zero-order chi connectivity index (χ0) is 30.7. The van der Waals surface area contributed by atoms with Crippen molar-refractivity contribution in [1.82, 2.24) is 4.90 Å². The van der Waals surface area contributed by atoms with Crippen molar-refractivity contribution in [2.24, 2.45) is 11.8 Å². The summed E-state index contributed by atoms with van der Waals surface area (Å²) in [4.78, 5) is 27.1. The van der Waals surface area contributed by atoms with E-state index >= 15 is 0 Å². The number of carboxylic acids is 1. The molecule has 2 aromatic rings. The van der Waals surface area contributed by atoms with Gasteiger partial charge in [-0.2, -0.15) is 13.2 Å². The SMILES string of the molecule is [2H]C([2H])([2H])c1ccc(CC23CCN(C(=O)[C@H]4CC[C@H](C(=O)O)CC4)C2CCc2cc(C(C)(F)C(F)(F)F)ccc23)cc1. The number of alkyl halides is 4. The molecule has 1 saturated heterocycles. The molecule has 2 aromatic carbocycles. The van der Waals surface area contributed by atoms with Crippen molar-refractivity contribution >= 4 is 11.9 Å². The van der Waals surface area contributed by atoms with Gasteiger partial charge in [-0.15, -0.1) is 0 Å². The van der Waals surface area contributed by atoms with Gasteiger partial charge in [-0.25, -0.2) is 4.39 Å². The van der Waals surface area contributed by atoms with Crippen molar-refractivity contribution in [1.29, 1.82) is 0 Å². The molecule has 8 heteroatoms. The number of amides is 1. The Bertz CT molecular complexity index is 1350. The predicted octanol–water partition coefficient (Wildman–Crippen LogP) is 6.66. The van der Waals surface area contributed by atoms with Crippen LogP contribution in [-0.4, -0.2) is 40.6 Å². The Balaban J connectivity index is 1.50. The maximum Gasteiger partial charge on any atom is 0.426 e. The minimum absolute atomic E-state index is 0.0167. The number of aryl methyl sites for hydroxylation is 2. The highest BCUT2D eigenvalue weighted by molar-refractivity contribution is 5.80. The van der Waals surface area contributed by atoms with Gasteiger partial charge in [0.2, 0.25) is 11.6 Å². The number of hydrogen-bond acceptors (Lipinski definition) is 2. The normalized spacial score (nSPS) is 29.8. The second kappa shape index (κ2) is 9.93. The van der Waals surface area contributed by atoms with E-state index in [-0.39, 0.29) is 23.4 Å². The number of hydrogen-bond donors (Lipinski definition) is 1. The van der Waals surface area contributed by atoms with Crippen LogP contribution in [0.2, 0.25) is 0 Å². The summed E-state index contributed by atoms with van der Waals surface area (Å²) in [6.07, 6.45) is -1.33. The van der Waals surface area contributed by atoms with Crippen molar-refractivity contribution < 1.29 is 36.4 Å². The monoisotopic (exact) mass is 548 g/mol. The summed E-state index contributed by atoms with van der Waals surface area (Å²) in [5, 5.41) is 9.36. The summed E-state index contributed by atoms with van der Waals surface area (Å²) < 4.78 is 78.6. The van der Waals surface area contributed by atoms with Crippen LogP contribution in [-0.2, 0) is 33.5 Å². The second-order valence-electron chi connectivity index (χ2n) is 11.6. The molecule has 3 aliphatic rings. The number of rotatable bonds is 5. The second-order valence-corrected chi connectivity index (χ2v) is 11.6. The van der Waals surface area contributed by atoms with Crippen LogP contribution in [0.1, 0.15) is 77.4 Å². The Kier molecular flexibility index (Phi) is 6.10. The lowest BCUT2D eigenvalue weighted by Crippen LogP contribution is -2.51. The number of likely N-dealkylation sites (tertiary alicyclic amines) is 1. The minimum Gasteiger partial charge on any atom is -0.481 e. The molecule has 0 bridgehead atoms. The molecule has 210 valence electrons. The van der Waals surface area contributed by atoms with Gasteiger partial charge in [-0.1, -0.05) is 48.0 Å². The van der Waals surface area contributed by atoms with Gasteiger partial charge in [-0.3, -0.25) is 9.59 Å². The number of carboxylic acid groups (broad SMARTS) is 1. The molecule has 1 saturated carbocycles. The molecule has 39 heavy (non-hydrogen) atoms. The maximum atomic E-state index is 14.9. The van der Waals surface area contributed by atoms with Crippen molar-refractivity contribution in [3.63, 3.8) is 0 Å². The molecule has 0 radical (unpaired) electrons. The van der Waals surface area contributed by atoms with Crippen LogP contribution in [0.3, 0.4) is 0 Å². The smallest absolute Gasteiger partial charge is 0.426 e. The van der Waals surface area contributed by atoms with Gasteiger partial charge in [0.1, 0.15) is 0 Å². The lowest BCUT2D eigenvalue weighted by Gasteiger charge is -2.45. The van der Waals surface area contributed by atoms with Crippen LogP contribution in [0, 0.1) is 18.7 Å². The van der Waals surface area contributed by atoms with E-state index in [0.717, 1.165) is 11.1 Å². The van der Waals surface area contributed by atoms with Gasteiger partial charge < -0.3 is 10.0 Å². The van der Waals surface area contributed by atoms with E-state index in [1.54, 1.807) is 30.3 Å². The number of aliphatic carboxylic acids is 1. The van der Waals surface area contributed by atoms with Gasteiger partial charge >= 0.3 is 12.1 Å². The van der Waals surface area contributed by atoms with Gasteiger partial charge in [0.15, 0.2) is 0 Å². The third kappa shape index (κ3) is 4.84. The van der Waals surface area contributed by atoms with Crippen molar-refractivity contribution in [2.45, 2.75) is 88.4 Å². The third-order valence-electron chi connectivity index (χ3n) is 9.40. The Morgan fingerprint density at radius 1 is 1.03 bits per heavy atom. The third-order valence-corrected chi connectivity index (χ3v) is 9.40. The van der Waals surface area contributed by atoms with E-state index in [1.165, 1.54) is 12.1 Å². The molecule has 3 atom stereocenters. The van der Waals surface area contributed by atoms with Gasteiger partial charge in [0.25, 0.3) is 0 Å². The molecule has 1 N–H and O–H groups in total. The number of benzene rings is 2. The topological polar surface area (TPSA) is 57.6 Å². The van der Waals surface area contributed by atoms with Crippen LogP contribution in [0.5, 0.6) is 0 Å². The number of carbonyl (C=O) groups excluding carboxylic acids is 1. The molecule has 0 aromatic heterocycles. The van der Waals surface area contributed by atoms with Crippen molar-refractivity contribution in [2.75, 3.05) is 6.54 Å². The minimum atomic E-state index is -5.07. The fourth-order valence-electron chi connectivity index (χ4n) is 7.10. The van der Waals surface area contributed by atoms with Crippen LogP contribution in [0.25, 0.3) is 0 Å². The van der Waals surface area contributed by atoms with Crippen molar-refractivity contribution in [3.8, 4) is 0 Å². The zero-order valence-corrected chi connectivity index (χ0v) is 21.9. The lowest BCUT2D eigenvalue weighted by atomic mass is 9.63. The summed E-state index contributed by atoms with van der Waals surface area (Å²) in [6, 6.07) is 10.5. The Hall–Kier alpha value is -2.90. The fraction of sp³-hybridized carbons (Fsp3) is 0.548. The standard InChI is InChI=1S/C31H35F4NO3/c1-19-3-5-20(6-4-19)18-30-15-16-36(27(37)21-7-9-22(10-8-21)28(38)39)26(30)14-11-23-17-24(12-13-25(23)30)29(2,32)31(33,34)35/h3-6,12-13,17,21-22,26H,7-11,14-16,18H2,1-2H3,(H,38,39)/t21-,22-,26?,29?,30?/i1D3. The Morgan fingerprint density at radius 2 is 1.69 bits per heavy atom. The van der Waals surface area contributed by atoms with E-state index in [1.807, 2.05) is 4.90 Å². The first-order valence-electron chi connectivity index (χ1n) is 15.1. The van der Waals surface area contributed by atoms with Gasteiger partial charge in [0.05, 0.1) is 5.92 Å². The van der Waals surface area contributed by atoms with E-state index in [0.29, 0.717) is 70.4 Å². The molecular weight excluding hydrogens is 510 g/mol. The molecule has 3 unspecified atom stereocenters. The lowest BCUT2D eigenvalue weighted by molar-refractivity contribution is -0.228. The molecule has 2 fully saturated rings. The quantitative estimate of drug-likeness (QED) is 0.425. The van der Waals surface area contributed by atoms with Crippen LogP contribution >= 0.6 is 0 Å². The summed E-state index contributed by atoms with van der Waals surface area (Å²) in [5.41, 5.74) is -2.14. The first-order chi connectivity index (χ1) is 19.5. The maximum absolute atomic E-state index is 14.9. The highest BCUT2D eigenvalue weighted by Crippen LogP contribution is 2.51. The number of carbonyl (C=O) groups is 2. The Morgan fingerprint density at radius 3 is 2.31 bits per heavy atom. The van der Waals surface area contributed by atoms with Crippen molar-refractivity contribution in [3.05, 3.63) is 70.3 Å². The molecule has 4 nitrogen and oxygen atoms in total. The summed E-state index contributed by atoms with van der Waals surface area (Å²) >= 11 is 0. The molecule has 1 aliphatic heterocycles. The van der Waals surface area contributed by atoms with E-state index in [2.05, 4.69) is 0 Å². The van der Waals surface area contributed by atoms with E-state index in [9.17, 15) is 32.3 Å². The highest BCUT2D eigenvalue weighted by Gasteiger charge is 2.56. The number of nitrogens with zero attached hydrogens (tertiary/aromatic N) is 1. The number of halogens is 4. The molecule has 1 heterocycles. The molecular formula is C31H35F4NO3. The Labute approximate surface area is 230 Å². The van der Waals surface area contributed by atoms with E-state index < -0.39 is 41.6 Å². The fourth-order valence-corrected chi connectivity index (χ4v) is 7.10. The van der Waals surface area contributed by atoms with Gasteiger partial charge in [0, 0.05) is 28.0 Å². The van der Waals surface area contributed by atoms with Gasteiger partial charge in [-0.05, 0) is 87.4 Å². The largest absolute Gasteiger partial charge is 0.481 e. The first-order valence-corrected chi connectivity index (χ1v) is 13.6. The summed E-state index contributed by atoms with van der Waals surface area (Å²) in [6.45, 7) is -1.29. The summed E-state index contributed by atoms with van der Waals surface area (Å²) in [7, 11) is 0. The average molecular weight is 549 g/mol. The highest BCUT2D eigenvalue weighted by atomic mass is 19.4. The first kappa shape index (κ1) is 23.9. The van der Waals surface area contributed by atoms with Crippen LogP contribution < -0.4 is 0 Å². The number of fused-ring (bicyclic) bond motifs is 3. The predicted molar refractivity (Wildman–Crippen MR) is 139 cm³/mol. The molecule has 5 rings (SSSR count). The van der Waals surface area contributed by atoms with E-state index in [4.69, 9.17) is 4.11 Å².